The van der Waals surface area contributed by atoms with E-state index in [1.54, 1.807) is 6.08 Å². The number of rotatable bonds is 2. The van der Waals surface area contributed by atoms with Crippen LogP contribution in [0.25, 0.3) is 0 Å². The van der Waals surface area contributed by atoms with Crippen molar-refractivity contribution >= 4 is 10.1 Å². The molecule has 0 bridgehead atoms. The van der Waals surface area contributed by atoms with Crippen molar-refractivity contribution in [2.45, 2.75) is 13.1 Å². The van der Waals surface area contributed by atoms with Crippen molar-refractivity contribution in [1.29, 1.82) is 0 Å². The fraction of sp³-hybridized carbons (Fsp3) is 0.500. The molecule has 0 saturated heterocycles. The fourth-order valence-electron chi connectivity index (χ4n) is 1.27. The second-order valence-corrected chi connectivity index (χ2v) is 4.83. The van der Waals surface area contributed by atoms with E-state index in [1.807, 2.05) is 0 Å². The molecule has 0 aliphatic heterocycles. The Morgan fingerprint density at radius 2 is 2.15 bits per heavy atom. The van der Waals surface area contributed by atoms with Crippen LogP contribution in [-0.2, 0) is 10.1 Å². The largest absolute Gasteiger partial charge is 0.286 e. The number of alkyl halides is 1. The average molecular weight is 206 g/mol. The van der Waals surface area contributed by atoms with Crippen molar-refractivity contribution in [1.82, 2.24) is 0 Å². The molecule has 74 valence electrons. The first kappa shape index (κ1) is 10.4. The summed E-state index contributed by atoms with van der Waals surface area (Å²) in [4.78, 5) is 0. The molecule has 0 fully saturated rings. The van der Waals surface area contributed by atoms with E-state index in [0.717, 1.165) is 0 Å². The summed E-state index contributed by atoms with van der Waals surface area (Å²) in [6.07, 6.45) is 4.42. The van der Waals surface area contributed by atoms with Gasteiger partial charge in [-0.15, -0.1) is 0 Å². The lowest BCUT2D eigenvalue weighted by Gasteiger charge is -2.28. The van der Waals surface area contributed by atoms with E-state index < -0.39 is 27.5 Å². The molecule has 1 rings (SSSR count). The fourth-order valence-corrected chi connectivity index (χ4v) is 2.31. The van der Waals surface area contributed by atoms with E-state index in [1.165, 1.54) is 25.2 Å². The Kier molecular flexibility index (Phi) is 2.58. The van der Waals surface area contributed by atoms with Crippen LogP contribution in [0.5, 0.6) is 0 Å². The third-order valence-electron chi connectivity index (χ3n) is 1.99. The second-order valence-electron chi connectivity index (χ2n) is 3.38. The van der Waals surface area contributed by atoms with E-state index in [-0.39, 0.29) is 0 Å². The van der Waals surface area contributed by atoms with Gasteiger partial charge in [0.25, 0.3) is 10.1 Å². The molecule has 1 aliphatic carbocycles. The summed E-state index contributed by atoms with van der Waals surface area (Å²) in [5, 5.41) is 0. The maximum absolute atomic E-state index is 13.2. The first-order valence-corrected chi connectivity index (χ1v) is 5.40. The van der Waals surface area contributed by atoms with Crippen LogP contribution >= 0.6 is 0 Å². The highest BCUT2D eigenvalue weighted by Gasteiger charge is 2.35. The zero-order valence-corrected chi connectivity index (χ0v) is 7.96. The van der Waals surface area contributed by atoms with Gasteiger partial charge in [0.15, 0.2) is 0 Å². The van der Waals surface area contributed by atoms with E-state index in [2.05, 4.69) is 0 Å². The van der Waals surface area contributed by atoms with Gasteiger partial charge in [-0.1, -0.05) is 25.2 Å². The lowest BCUT2D eigenvalue weighted by Crippen LogP contribution is -2.34. The zero-order valence-electron chi connectivity index (χ0n) is 7.14. The zero-order chi connectivity index (χ0) is 10.1. The van der Waals surface area contributed by atoms with Gasteiger partial charge in [0.2, 0.25) is 0 Å². The highest BCUT2D eigenvalue weighted by atomic mass is 32.2. The first-order valence-electron chi connectivity index (χ1n) is 3.79. The van der Waals surface area contributed by atoms with Crippen LogP contribution in [0.4, 0.5) is 4.39 Å². The Morgan fingerprint density at radius 1 is 1.54 bits per heavy atom. The molecule has 0 aromatic rings. The van der Waals surface area contributed by atoms with Crippen molar-refractivity contribution in [3.05, 3.63) is 24.3 Å². The molecule has 0 spiro atoms. The van der Waals surface area contributed by atoms with Crippen LogP contribution in [-0.4, -0.2) is 24.9 Å². The molecule has 2 unspecified atom stereocenters. The minimum absolute atomic E-state index is 0.595. The second kappa shape index (κ2) is 3.23. The highest BCUT2D eigenvalue weighted by Crippen LogP contribution is 2.31. The Morgan fingerprint density at radius 3 is 2.62 bits per heavy atom. The van der Waals surface area contributed by atoms with Gasteiger partial charge in [-0.3, -0.25) is 4.55 Å². The molecule has 1 N–H and O–H groups in total. The molecule has 3 nitrogen and oxygen atoms in total. The van der Waals surface area contributed by atoms with E-state index in [0.29, 0.717) is 0 Å². The van der Waals surface area contributed by atoms with Crippen LogP contribution in [0.15, 0.2) is 24.3 Å². The van der Waals surface area contributed by atoms with Crippen LogP contribution in [0.3, 0.4) is 0 Å². The quantitative estimate of drug-likeness (QED) is 0.694. The maximum Gasteiger partial charge on any atom is 0.265 e. The number of halogens is 1. The Labute approximate surface area is 76.7 Å². The third kappa shape index (κ3) is 2.63. The van der Waals surface area contributed by atoms with Gasteiger partial charge >= 0.3 is 0 Å². The molecular weight excluding hydrogens is 195 g/mol. The van der Waals surface area contributed by atoms with Gasteiger partial charge in [0, 0.05) is 5.41 Å². The Hall–Kier alpha value is -0.680. The molecule has 0 amide bonds. The summed E-state index contributed by atoms with van der Waals surface area (Å²) in [5.41, 5.74) is -1.15. The molecule has 0 radical (unpaired) electrons. The Balaban J connectivity index is 2.89. The van der Waals surface area contributed by atoms with E-state index in [9.17, 15) is 12.8 Å². The van der Waals surface area contributed by atoms with Gasteiger partial charge in [0.05, 0.1) is 5.75 Å². The van der Waals surface area contributed by atoms with Gasteiger partial charge in [0.1, 0.15) is 6.17 Å². The molecule has 0 aromatic heterocycles. The summed E-state index contributed by atoms with van der Waals surface area (Å²) < 4.78 is 43.0. The van der Waals surface area contributed by atoms with Crippen molar-refractivity contribution in [2.24, 2.45) is 5.41 Å². The molecule has 0 saturated carbocycles. The van der Waals surface area contributed by atoms with Crippen LogP contribution in [0.1, 0.15) is 6.92 Å². The van der Waals surface area contributed by atoms with Crippen molar-refractivity contribution < 1.29 is 17.4 Å². The van der Waals surface area contributed by atoms with Gasteiger partial charge in [-0.2, -0.15) is 8.42 Å². The third-order valence-corrected chi connectivity index (χ3v) is 2.98. The molecule has 13 heavy (non-hydrogen) atoms. The number of hydrogen-bond acceptors (Lipinski definition) is 2. The summed E-state index contributed by atoms with van der Waals surface area (Å²) in [6.45, 7) is 1.45. The molecule has 0 aromatic carbocycles. The SMILES string of the molecule is CC1(CS(=O)(=O)O)C=CC=CC1F. The lowest BCUT2D eigenvalue weighted by atomic mass is 9.84. The summed E-state index contributed by atoms with van der Waals surface area (Å²) >= 11 is 0. The smallest absolute Gasteiger partial charge is 0.265 e. The predicted octanol–water partition coefficient (Wildman–Crippen LogP) is 1.34. The summed E-state index contributed by atoms with van der Waals surface area (Å²) in [7, 11) is -4.14. The highest BCUT2D eigenvalue weighted by molar-refractivity contribution is 7.85. The molecule has 0 heterocycles. The molecule has 1 aliphatic rings. The minimum Gasteiger partial charge on any atom is -0.286 e. The van der Waals surface area contributed by atoms with Crippen LogP contribution in [0.2, 0.25) is 0 Å². The monoisotopic (exact) mass is 206 g/mol. The molecule has 2 atom stereocenters. The Bertz CT molecular complexity index is 344. The van der Waals surface area contributed by atoms with Crippen LogP contribution in [0, 0.1) is 5.41 Å². The van der Waals surface area contributed by atoms with Crippen molar-refractivity contribution in [2.75, 3.05) is 5.75 Å². The normalized spacial score (nSPS) is 33.6. The van der Waals surface area contributed by atoms with Gasteiger partial charge in [-0.05, 0) is 6.08 Å². The lowest BCUT2D eigenvalue weighted by molar-refractivity contribution is 0.238. The number of hydrogen-bond donors (Lipinski definition) is 1. The molecular formula is C8H11FO3S. The van der Waals surface area contributed by atoms with Crippen molar-refractivity contribution in [3.63, 3.8) is 0 Å². The molecule has 5 heteroatoms. The van der Waals surface area contributed by atoms with E-state index in [4.69, 9.17) is 4.55 Å². The minimum atomic E-state index is -4.14. The first-order chi connectivity index (χ1) is 5.83. The summed E-state index contributed by atoms with van der Waals surface area (Å²) in [6, 6.07) is 0. The van der Waals surface area contributed by atoms with E-state index >= 15 is 0 Å². The summed E-state index contributed by atoms with van der Waals surface area (Å²) in [5.74, 6) is -0.595. The topological polar surface area (TPSA) is 54.4 Å². The van der Waals surface area contributed by atoms with Crippen LogP contribution < -0.4 is 0 Å². The predicted molar refractivity (Wildman–Crippen MR) is 47.7 cm³/mol. The van der Waals surface area contributed by atoms with Crippen molar-refractivity contribution in [3.8, 4) is 0 Å². The maximum atomic E-state index is 13.2. The van der Waals surface area contributed by atoms with Gasteiger partial charge < -0.3 is 0 Å². The standard InChI is InChI=1S/C8H11FO3S/c1-8(6-13(10,11)12)5-3-2-4-7(8)9/h2-5,7H,6H2,1H3,(H,10,11,12). The van der Waals surface area contributed by atoms with Gasteiger partial charge in [-0.25, -0.2) is 4.39 Å². The average Bonchev–Trinajstić information content (AvgIpc) is 1.92. The number of allylic oxidation sites excluding steroid dienone is 4.